The molecule has 2 saturated heterocycles. The lowest BCUT2D eigenvalue weighted by atomic mass is 10.0. The highest BCUT2D eigenvalue weighted by molar-refractivity contribution is 5.85. The van der Waals surface area contributed by atoms with Gasteiger partial charge >= 0.3 is 0 Å². The molecule has 2 heterocycles. The van der Waals surface area contributed by atoms with Crippen molar-refractivity contribution in [2.45, 2.75) is 51.0 Å². The molecule has 4 nitrogen and oxygen atoms in total. The zero-order valence-electron chi connectivity index (χ0n) is 14.5. The highest BCUT2D eigenvalue weighted by Crippen LogP contribution is 2.17. The van der Waals surface area contributed by atoms with Crippen molar-refractivity contribution in [3.8, 4) is 0 Å². The number of nitrogens with zero attached hydrogens (tertiary/aromatic N) is 1. The summed E-state index contributed by atoms with van der Waals surface area (Å²) in [5.74, 6) is -0.0393. The molecule has 2 fully saturated rings. The number of nitrogens with one attached hydrogen (secondary N) is 2. The van der Waals surface area contributed by atoms with Gasteiger partial charge in [-0.15, -0.1) is 24.8 Å². The molecule has 7 heteroatoms. The van der Waals surface area contributed by atoms with Crippen molar-refractivity contribution >= 4 is 30.7 Å². The molecule has 25 heavy (non-hydrogen) atoms. The van der Waals surface area contributed by atoms with Gasteiger partial charge in [-0.05, 0) is 30.9 Å². The zero-order chi connectivity index (χ0) is 16.2. The number of hydrogen-bond acceptors (Lipinski definition) is 3. The van der Waals surface area contributed by atoms with E-state index in [1.165, 1.54) is 11.1 Å². The Morgan fingerprint density at radius 3 is 2.56 bits per heavy atom. The number of carbonyl (C=O) groups excluding carboxylic acids is 1. The molecule has 0 saturated carbocycles. The van der Waals surface area contributed by atoms with Crippen molar-refractivity contribution in [2.24, 2.45) is 0 Å². The second-order valence-corrected chi connectivity index (χ2v) is 6.78. The Kier molecular flexibility index (Phi) is 9.14. The van der Waals surface area contributed by atoms with E-state index in [0.29, 0.717) is 13.0 Å². The minimum atomic E-state index is -0.887. The van der Waals surface area contributed by atoms with Gasteiger partial charge in [0.1, 0.15) is 6.17 Å². The van der Waals surface area contributed by atoms with Gasteiger partial charge in [0.2, 0.25) is 5.91 Å². The number of likely N-dealkylation sites (tertiary alicyclic amines) is 1. The van der Waals surface area contributed by atoms with E-state index in [1.807, 2.05) is 0 Å². The van der Waals surface area contributed by atoms with Crippen LogP contribution in [0.15, 0.2) is 24.3 Å². The summed E-state index contributed by atoms with van der Waals surface area (Å²) in [6.45, 7) is 5.40. The van der Waals surface area contributed by atoms with Crippen molar-refractivity contribution in [3.05, 3.63) is 35.4 Å². The monoisotopic (exact) mass is 391 g/mol. The van der Waals surface area contributed by atoms with Gasteiger partial charge in [0.25, 0.3) is 0 Å². The van der Waals surface area contributed by atoms with Crippen molar-refractivity contribution in [2.75, 3.05) is 19.6 Å². The lowest BCUT2D eigenvalue weighted by molar-refractivity contribution is -0.123. The number of aryl methyl sites for hydroxylation is 1. The third-order valence-corrected chi connectivity index (χ3v) is 4.98. The van der Waals surface area contributed by atoms with Crippen LogP contribution >= 0.6 is 24.8 Å². The Morgan fingerprint density at radius 2 is 1.96 bits per heavy atom. The van der Waals surface area contributed by atoms with Crippen molar-refractivity contribution in [1.82, 2.24) is 15.5 Å². The van der Waals surface area contributed by atoms with Crippen LogP contribution in [-0.4, -0.2) is 48.7 Å². The molecule has 2 aliphatic heterocycles. The van der Waals surface area contributed by atoms with Crippen LogP contribution in [0.25, 0.3) is 0 Å². The summed E-state index contributed by atoms with van der Waals surface area (Å²) in [6.07, 6.45) is 1.34. The normalized spacial score (nSPS) is 24.2. The minimum Gasteiger partial charge on any atom is -0.352 e. The number of piperidine rings is 1. The van der Waals surface area contributed by atoms with Gasteiger partial charge in [-0.1, -0.05) is 24.3 Å². The fourth-order valence-corrected chi connectivity index (χ4v) is 3.46. The van der Waals surface area contributed by atoms with Gasteiger partial charge in [-0.25, -0.2) is 4.39 Å². The molecule has 2 aliphatic rings. The quantitative estimate of drug-likeness (QED) is 0.828. The van der Waals surface area contributed by atoms with Crippen molar-refractivity contribution < 1.29 is 9.18 Å². The van der Waals surface area contributed by atoms with Crippen molar-refractivity contribution in [1.29, 1.82) is 0 Å². The summed E-state index contributed by atoms with van der Waals surface area (Å²) in [6, 6.07) is 8.35. The average Bonchev–Trinajstić information content (AvgIpc) is 2.98. The van der Waals surface area contributed by atoms with Gasteiger partial charge in [0.15, 0.2) is 0 Å². The Morgan fingerprint density at radius 1 is 1.28 bits per heavy atom. The van der Waals surface area contributed by atoms with Crippen LogP contribution in [0.5, 0.6) is 0 Å². The Balaban J connectivity index is 0.00000156. The van der Waals surface area contributed by atoms with Gasteiger partial charge in [0.05, 0.1) is 6.04 Å². The molecule has 0 radical (unpaired) electrons. The van der Waals surface area contributed by atoms with E-state index >= 15 is 0 Å². The maximum Gasteiger partial charge on any atom is 0.237 e. The second-order valence-electron chi connectivity index (χ2n) is 6.78. The number of benzene rings is 1. The average molecular weight is 392 g/mol. The van der Waals surface area contributed by atoms with Crippen LogP contribution < -0.4 is 10.6 Å². The topological polar surface area (TPSA) is 44.4 Å². The van der Waals surface area contributed by atoms with Crippen LogP contribution in [0.1, 0.15) is 30.4 Å². The molecule has 2 atom stereocenters. The van der Waals surface area contributed by atoms with Gasteiger partial charge in [-0.3, -0.25) is 9.69 Å². The summed E-state index contributed by atoms with van der Waals surface area (Å²) in [5.41, 5.74) is 2.70. The number of carbonyl (C=O) groups is 1. The Hall–Kier alpha value is -0.880. The van der Waals surface area contributed by atoms with E-state index in [-0.39, 0.29) is 42.8 Å². The van der Waals surface area contributed by atoms with E-state index in [0.717, 1.165) is 32.5 Å². The largest absolute Gasteiger partial charge is 0.352 e. The lowest BCUT2D eigenvalue weighted by Crippen LogP contribution is -2.49. The third kappa shape index (κ3) is 6.10. The molecule has 0 bridgehead atoms. The first-order valence-corrected chi connectivity index (χ1v) is 8.56. The summed E-state index contributed by atoms with van der Waals surface area (Å²) in [5, 5.41) is 6.03. The molecule has 3 rings (SSSR count). The third-order valence-electron chi connectivity index (χ3n) is 4.98. The second kappa shape index (κ2) is 10.3. The predicted octanol–water partition coefficient (Wildman–Crippen LogP) is 2.62. The first kappa shape index (κ1) is 22.2. The molecular formula is C18H28Cl2FN3O. The van der Waals surface area contributed by atoms with Gasteiger partial charge in [0, 0.05) is 38.6 Å². The lowest BCUT2D eigenvalue weighted by Gasteiger charge is -2.33. The smallest absolute Gasteiger partial charge is 0.237 e. The molecule has 0 aromatic heterocycles. The van der Waals surface area contributed by atoms with E-state index in [4.69, 9.17) is 0 Å². The number of rotatable bonds is 4. The van der Waals surface area contributed by atoms with Crippen LogP contribution in [0.4, 0.5) is 4.39 Å². The number of hydrogen-bond donors (Lipinski definition) is 2. The first-order valence-electron chi connectivity index (χ1n) is 8.56. The summed E-state index contributed by atoms with van der Waals surface area (Å²) in [4.78, 5) is 14.6. The molecule has 2 N–H and O–H groups in total. The first-order chi connectivity index (χ1) is 11.1. The molecule has 1 aromatic rings. The maximum absolute atomic E-state index is 13.2. The standard InChI is InChI=1S/C18H26FN3O.2ClH/c1-13-4-2-3-5-14(13)12-22-8-6-16(7-9-22)21-18(23)17-10-15(19)11-20-17;;/h2-5,15-17,20H,6-12H2,1H3,(H,21,23);2*1H/t15-,17+;;/m0../s1. The fraction of sp³-hybridized carbons (Fsp3) is 0.611. The van der Waals surface area contributed by atoms with E-state index < -0.39 is 6.17 Å². The minimum absolute atomic E-state index is 0. The summed E-state index contributed by atoms with van der Waals surface area (Å²) < 4.78 is 13.2. The van der Waals surface area contributed by atoms with E-state index in [1.54, 1.807) is 0 Å². The van der Waals surface area contributed by atoms with E-state index in [9.17, 15) is 9.18 Å². The number of halogens is 3. The summed E-state index contributed by atoms with van der Waals surface area (Å²) in [7, 11) is 0. The molecule has 1 aromatic carbocycles. The fourth-order valence-electron chi connectivity index (χ4n) is 3.46. The number of alkyl halides is 1. The highest BCUT2D eigenvalue weighted by atomic mass is 35.5. The molecule has 142 valence electrons. The molecular weight excluding hydrogens is 364 g/mol. The molecule has 1 amide bonds. The molecule has 0 spiro atoms. The highest BCUT2D eigenvalue weighted by Gasteiger charge is 2.31. The van der Waals surface area contributed by atoms with Crippen LogP contribution in [0.3, 0.4) is 0 Å². The molecule has 0 unspecified atom stereocenters. The van der Waals surface area contributed by atoms with Crippen LogP contribution in [0, 0.1) is 6.92 Å². The zero-order valence-corrected chi connectivity index (χ0v) is 16.2. The maximum atomic E-state index is 13.2. The van der Waals surface area contributed by atoms with Gasteiger partial charge < -0.3 is 10.6 Å². The SMILES string of the molecule is Cc1ccccc1CN1CCC(NC(=O)[C@H]2C[C@H](F)CN2)CC1.Cl.Cl. The Bertz CT molecular complexity index is 553. The van der Waals surface area contributed by atoms with E-state index in [2.05, 4.69) is 46.7 Å². The van der Waals surface area contributed by atoms with Crippen LogP contribution in [0.2, 0.25) is 0 Å². The predicted molar refractivity (Wildman–Crippen MR) is 103 cm³/mol. The van der Waals surface area contributed by atoms with Crippen molar-refractivity contribution in [3.63, 3.8) is 0 Å². The summed E-state index contributed by atoms with van der Waals surface area (Å²) >= 11 is 0. The Labute approximate surface area is 161 Å². The molecule has 0 aliphatic carbocycles. The number of amides is 1. The van der Waals surface area contributed by atoms with Gasteiger partial charge in [-0.2, -0.15) is 0 Å². The van der Waals surface area contributed by atoms with Crippen LogP contribution in [-0.2, 0) is 11.3 Å².